The molecular weight excluding hydrogens is 337 g/mol. The maximum atomic E-state index is 11.8. The number of aromatic nitrogens is 1. The first kappa shape index (κ1) is 18.3. The first-order valence-corrected chi connectivity index (χ1v) is 8.51. The summed E-state index contributed by atoms with van der Waals surface area (Å²) in [6.45, 7) is 8.16. The number of rotatable bonds is 3. The molecule has 0 saturated carbocycles. The number of halogens is 2. The Morgan fingerprint density at radius 2 is 1.87 bits per heavy atom. The van der Waals surface area contributed by atoms with Crippen molar-refractivity contribution in [1.29, 1.82) is 0 Å². The molecule has 1 fully saturated rings. The molecular formula is C16H23Cl2N3O2. The van der Waals surface area contributed by atoms with Crippen molar-refractivity contribution < 1.29 is 9.53 Å². The lowest BCUT2D eigenvalue weighted by molar-refractivity contribution is 0.0477. The maximum Gasteiger partial charge on any atom is 0.407 e. The summed E-state index contributed by atoms with van der Waals surface area (Å²) >= 11 is 11.9. The van der Waals surface area contributed by atoms with Gasteiger partial charge >= 0.3 is 6.09 Å². The third-order valence-electron chi connectivity index (χ3n) is 3.54. The van der Waals surface area contributed by atoms with Gasteiger partial charge in [-0.25, -0.2) is 9.78 Å². The smallest absolute Gasteiger partial charge is 0.407 e. The van der Waals surface area contributed by atoms with Crippen LogP contribution in [0.1, 0.15) is 39.2 Å². The summed E-state index contributed by atoms with van der Waals surface area (Å²) in [6, 6.07) is 3.82. The average molecular weight is 360 g/mol. The Hall–Kier alpha value is -1.04. The molecule has 0 aromatic carbocycles. The standard InChI is InChI=1S/C16H23Cl2N3O2/c1-16(2,3)23-15(22)19-12-4-6-21(7-5-12)10-11-8-13(17)20-14(18)9-11/h8-9,12H,4-7,10H2,1-3H3,(H,19,22). The highest BCUT2D eigenvalue weighted by Gasteiger charge is 2.23. The average Bonchev–Trinajstić information content (AvgIpc) is 2.37. The number of piperidine rings is 1. The van der Waals surface area contributed by atoms with Crippen molar-refractivity contribution in [2.45, 2.75) is 51.8 Å². The molecule has 23 heavy (non-hydrogen) atoms. The van der Waals surface area contributed by atoms with E-state index in [1.165, 1.54) is 0 Å². The zero-order chi connectivity index (χ0) is 17.0. The number of likely N-dealkylation sites (tertiary alicyclic amines) is 1. The number of pyridine rings is 1. The second-order valence-electron chi connectivity index (χ2n) is 6.82. The van der Waals surface area contributed by atoms with Gasteiger partial charge in [0, 0.05) is 25.7 Å². The van der Waals surface area contributed by atoms with Crippen LogP contribution in [0.5, 0.6) is 0 Å². The molecule has 1 aromatic heterocycles. The van der Waals surface area contributed by atoms with Crippen LogP contribution in [-0.2, 0) is 11.3 Å². The van der Waals surface area contributed by atoms with E-state index in [2.05, 4.69) is 15.2 Å². The van der Waals surface area contributed by atoms with Gasteiger partial charge in [-0.2, -0.15) is 0 Å². The summed E-state index contributed by atoms with van der Waals surface area (Å²) in [5.41, 5.74) is 0.582. The van der Waals surface area contributed by atoms with Gasteiger partial charge in [0.15, 0.2) is 0 Å². The van der Waals surface area contributed by atoms with Gasteiger partial charge in [-0.05, 0) is 51.3 Å². The Balaban J connectivity index is 1.78. The van der Waals surface area contributed by atoms with Crippen LogP contribution in [-0.4, -0.2) is 40.7 Å². The fraction of sp³-hybridized carbons (Fsp3) is 0.625. The molecule has 0 unspecified atom stereocenters. The summed E-state index contributed by atoms with van der Waals surface area (Å²) in [5.74, 6) is 0. The summed E-state index contributed by atoms with van der Waals surface area (Å²) in [7, 11) is 0. The van der Waals surface area contributed by atoms with Gasteiger partial charge in [-0.1, -0.05) is 23.2 Å². The van der Waals surface area contributed by atoms with Crippen molar-refractivity contribution in [2.24, 2.45) is 0 Å². The first-order chi connectivity index (χ1) is 10.7. The highest BCUT2D eigenvalue weighted by atomic mass is 35.5. The topological polar surface area (TPSA) is 54.5 Å². The van der Waals surface area contributed by atoms with Crippen molar-refractivity contribution in [1.82, 2.24) is 15.2 Å². The van der Waals surface area contributed by atoms with E-state index in [9.17, 15) is 4.79 Å². The van der Waals surface area contributed by atoms with E-state index in [4.69, 9.17) is 27.9 Å². The molecule has 1 amide bonds. The van der Waals surface area contributed by atoms with E-state index in [0.29, 0.717) is 10.3 Å². The molecule has 0 atom stereocenters. The SMILES string of the molecule is CC(C)(C)OC(=O)NC1CCN(Cc2cc(Cl)nc(Cl)c2)CC1. The third kappa shape index (κ3) is 6.53. The highest BCUT2D eigenvalue weighted by Crippen LogP contribution is 2.19. The van der Waals surface area contributed by atoms with Crippen molar-refractivity contribution in [3.05, 3.63) is 28.0 Å². The minimum atomic E-state index is -0.468. The molecule has 1 aromatic rings. The molecule has 0 bridgehead atoms. The van der Waals surface area contributed by atoms with Crippen LogP contribution in [0.2, 0.25) is 10.3 Å². The number of hydrogen-bond acceptors (Lipinski definition) is 4. The second kappa shape index (κ2) is 7.69. The normalized spacial score (nSPS) is 17.1. The van der Waals surface area contributed by atoms with Gasteiger partial charge in [-0.15, -0.1) is 0 Å². The Morgan fingerprint density at radius 3 is 2.39 bits per heavy atom. The minimum absolute atomic E-state index is 0.158. The fourth-order valence-corrected chi connectivity index (χ4v) is 3.08. The molecule has 2 heterocycles. The molecule has 1 N–H and O–H groups in total. The van der Waals surface area contributed by atoms with E-state index in [-0.39, 0.29) is 12.1 Å². The van der Waals surface area contributed by atoms with Crippen molar-refractivity contribution in [3.63, 3.8) is 0 Å². The molecule has 2 rings (SSSR count). The molecule has 1 saturated heterocycles. The third-order valence-corrected chi connectivity index (χ3v) is 3.92. The number of carbonyl (C=O) groups excluding carboxylic acids is 1. The van der Waals surface area contributed by atoms with E-state index < -0.39 is 5.60 Å². The van der Waals surface area contributed by atoms with Crippen molar-refractivity contribution in [3.8, 4) is 0 Å². The molecule has 0 aliphatic carbocycles. The van der Waals surface area contributed by atoms with E-state index >= 15 is 0 Å². The van der Waals surface area contributed by atoms with Gasteiger partial charge in [0.1, 0.15) is 15.9 Å². The minimum Gasteiger partial charge on any atom is -0.444 e. The Morgan fingerprint density at radius 1 is 1.30 bits per heavy atom. The predicted octanol–water partition coefficient (Wildman–Crippen LogP) is 3.88. The highest BCUT2D eigenvalue weighted by molar-refractivity contribution is 6.32. The van der Waals surface area contributed by atoms with Crippen LogP contribution in [0.3, 0.4) is 0 Å². The van der Waals surface area contributed by atoms with Crippen LogP contribution in [0.25, 0.3) is 0 Å². The number of nitrogens with one attached hydrogen (secondary N) is 1. The van der Waals surface area contributed by atoms with Gasteiger partial charge in [0.05, 0.1) is 0 Å². The van der Waals surface area contributed by atoms with Crippen LogP contribution in [0.4, 0.5) is 4.79 Å². The number of hydrogen-bond donors (Lipinski definition) is 1. The Kier molecular flexibility index (Phi) is 6.12. The number of nitrogens with zero attached hydrogens (tertiary/aromatic N) is 2. The summed E-state index contributed by atoms with van der Waals surface area (Å²) in [5, 5.41) is 3.76. The van der Waals surface area contributed by atoms with Crippen LogP contribution in [0, 0.1) is 0 Å². The van der Waals surface area contributed by atoms with E-state index in [1.54, 1.807) is 0 Å². The molecule has 7 heteroatoms. The number of amides is 1. The lowest BCUT2D eigenvalue weighted by atomic mass is 10.0. The number of alkyl carbamates (subject to hydrolysis) is 1. The Labute approximate surface area is 147 Å². The maximum absolute atomic E-state index is 11.8. The summed E-state index contributed by atoms with van der Waals surface area (Å²) < 4.78 is 5.29. The largest absolute Gasteiger partial charge is 0.444 e. The van der Waals surface area contributed by atoms with Crippen LogP contribution < -0.4 is 5.32 Å². The molecule has 1 aliphatic rings. The monoisotopic (exact) mass is 359 g/mol. The van der Waals surface area contributed by atoms with Crippen LogP contribution >= 0.6 is 23.2 Å². The number of carbonyl (C=O) groups is 1. The molecule has 0 radical (unpaired) electrons. The molecule has 1 aliphatic heterocycles. The van der Waals surface area contributed by atoms with Gasteiger partial charge in [-0.3, -0.25) is 4.90 Å². The summed E-state index contributed by atoms with van der Waals surface area (Å²) in [6.07, 6.45) is 1.45. The summed E-state index contributed by atoms with van der Waals surface area (Å²) in [4.78, 5) is 18.1. The van der Waals surface area contributed by atoms with Gasteiger partial charge in [0.25, 0.3) is 0 Å². The lowest BCUT2D eigenvalue weighted by Crippen LogP contribution is -2.45. The molecule has 5 nitrogen and oxygen atoms in total. The molecule has 0 spiro atoms. The van der Waals surface area contributed by atoms with E-state index in [1.807, 2.05) is 32.9 Å². The van der Waals surface area contributed by atoms with E-state index in [0.717, 1.165) is 38.0 Å². The fourth-order valence-electron chi connectivity index (χ4n) is 2.57. The number of ether oxygens (including phenoxy) is 1. The van der Waals surface area contributed by atoms with Crippen molar-refractivity contribution >= 4 is 29.3 Å². The Bertz CT molecular complexity index is 532. The quantitative estimate of drug-likeness (QED) is 0.832. The van der Waals surface area contributed by atoms with Gasteiger partial charge in [0.2, 0.25) is 0 Å². The van der Waals surface area contributed by atoms with Crippen LogP contribution in [0.15, 0.2) is 12.1 Å². The first-order valence-electron chi connectivity index (χ1n) is 7.75. The zero-order valence-electron chi connectivity index (χ0n) is 13.7. The second-order valence-corrected chi connectivity index (χ2v) is 7.59. The zero-order valence-corrected chi connectivity index (χ0v) is 15.2. The predicted molar refractivity (Wildman–Crippen MR) is 91.9 cm³/mol. The lowest BCUT2D eigenvalue weighted by Gasteiger charge is -2.32. The molecule has 128 valence electrons. The van der Waals surface area contributed by atoms with Crippen molar-refractivity contribution in [2.75, 3.05) is 13.1 Å². The van der Waals surface area contributed by atoms with Gasteiger partial charge < -0.3 is 10.1 Å².